The van der Waals surface area contributed by atoms with Gasteiger partial charge in [0.2, 0.25) is 17.6 Å². The lowest BCUT2D eigenvalue weighted by Gasteiger charge is -2.37. The molecule has 1 amide bonds. The molecule has 1 aliphatic heterocycles. The first-order chi connectivity index (χ1) is 12.2. The van der Waals surface area contributed by atoms with Crippen molar-refractivity contribution >= 4 is 29.3 Å². The predicted molar refractivity (Wildman–Crippen MR) is 98.8 cm³/mol. The van der Waals surface area contributed by atoms with Gasteiger partial charge >= 0.3 is 0 Å². The van der Waals surface area contributed by atoms with Crippen molar-refractivity contribution in [2.75, 3.05) is 18.8 Å². The molecule has 1 aromatic heterocycles. The molecule has 1 aromatic carbocycles. The largest absolute Gasteiger partial charge is 0.340 e. The van der Waals surface area contributed by atoms with Crippen LogP contribution in [0.25, 0.3) is 11.4 Å². The van der Waals surface area contributed by atoms with Crippen molar-refractivity contribution in [1.29, 1.82) is 0 Å². The zero-order valence-corrected chi connectivity index (χ0v) is 15.4. The number of carbonyl (C=O) groups is 1. The van der Waals surface area contributed by atoms with E-state index in [0.29, 0.717) is 40.8 Å². The van der Waals surface area contributed by atoms with Gasteiger partial charge in [0.15, 0.2) is 0 Å². The first-order valence-corrected chi connectivity index (χ1v) is 10.1. The van der Waals surface area contributed by atoms with Crippen LogP contribution in [0.5, 0.6) is 0 Å². The van der Waals surface area contributed by atoms with Crippen molar-refractivity contribution in [3.8, 4) is 11.4 Å². The fraction of sp³-hybridized carbons (Fsp3) is 0.500. The molecule has 0 atom stereocenters. The Kier molecular flexibility index (Phi) is 4.99. The maximum Gasteiger partial charge on any atom is 0.233 e. The fourth-order valence-electron chi connectivity index (χ4n) is 3.32. The number of hydrogen-bond acceptors (Lipinski definition) is 5. The van der Waals surface area contributed by atoms with Crippen molar-refractivity contribution in [2.45, 2.75) is 36.9 Å². The highest BCUT2D eigenvalue weighted by Gasteiger charge is 2.35. The molecule has 7 heteroatoms. The highest BCUT2D eigenvalue weighted by molar-refractivity contribution is 8.00. The van der Waals surface area contributed by atoms with Crippen molar-refractivity contribution in [1.82, 2.24) is 15.0 Å². The summed E-state index contributed by atoms with van der Waals surface area (Å²) in [5, 5.41) is 5.36. The second-order valence-corrected chi connectivity index (χ2v) is 8.40. The molecule has 0 N–H and O–H groups in total. The van der Waals surface area contributed by atoms with E-state index in [1.807, 2.05) is 40.9 Å². The molecule has 132 valence electrons. The van der Waals surface area contributed by atoms with Gasteiger partial charge in [-0.1, -0.05) is 41.7 Å². The molecule has 0 radical (unpaired) electrons. The highest BCUT2D eigenvalue weighted by Crippen LogP contribution is 2.32. The molecule has 2 aliphatic rings. The van der Waals surface area contributed by atoms with Crippen LogP contribution in [0.2, 0.25) is 5.02 Å². The second-order valence-electron chi connectivity index (χ2n) is 6.68. The molecule has 25 heavy (non-hydrogen) atoms. The summed E-state index contributed by atoms with van der Waals surface area (Å²) in [6.07, 6.45) is 5.14. The molecular formula is C18H20ClN3O2S. The Bertz CT molecular complexity index is 754. The van der Waals surface area contributed by atoms with Crippen LogP contribution in [-0.2, 0) is 4.79 Å². The van der Waals surface area contributed by atoms with Gasteiger partial charge in [0, 0.05) is 28.9 Å². The van der Waals surface area contributed by atoms with Crippen molar-refractivity contribution in [2.24, 2.45) is 0 Å². The van der Waals surface area contributed by atoms with Gasteiger partial charge in [0.1, 0.15) is 0 Å². The summed E-state index contributed by atoms with van der Waals surface area (Å²) >= 11 is 7.82. The maximum atomic E-state index is 12.2. The number of rotatable bonds is 5. The number of aromatic nitrogens is 2. The third-order valence-corrected chi connectivity index (χ3v) is 6.44. The van der Waals surface area contributed by atoms with Gasteiger partial charge in [0.25, 0.3) is 0 Å². The summed E-state index contributed by atoms with van der Waals surface area (Å²) in [5.41, 5.74) is 0.836. The van der Waals surface area contributed by atoms with Gasteiger partial charge in [0.05, 0.1) is 11.7 Å². The molecule has 1 saturated heterocycles. The molecule has 2 heterocycles. The van der Waals surface area contributed by atoms with Gasteiger partial charge in [-0.05, 0) is 25.0 Å². The summed E-state index contributed by atoms with van der Waals surface area (Å²) < 4.78 is 5.38. The topological polar surface area (TPSA) is 59.2 Å². The van der Waals surface area contributed by atoms with E-state index in [0.717, 1.165) is 5.56 Å². The lowest BCUT2D eigenvalue weighted by Crippen LogP contribution is -2.49. The molecule has 1 aliphatic carbocycles. The summed E-state index contributed by atoms with van der Waals surface area (Å²) in [5.74, 6) is 2.10. The van der Waals surface area contributed by atoms with Crippen LogP contribution in [0.4, 0.5) is 0 Å². The van der Waals surface area contributed by atoms with E-state index in [-0.39, 0.29) is 11.8 Å². The van der Waals surface area contributed by atoms with Crippen LogP contribution in [0.15, 0.2) is 28.8 Å². The summed E-state index contributed by atoms with van der Waals surface area (Å²) in [6, 6.07) is 7.38. The molecule has 0 unspecified atom stereocenters. The molecule has 0 spiro atoms. The van der Waals surface area contributed by atoms with E-state index >= 15 is 0 Å². The van der Waals surface area contributed by atoms with Gasteiger partial charge in [-0.3, -0.25) is 4.79 Å². The summed E-state index contributed by atoms with van der Waals surface area (Å²) in [4.78, 5) is 18.6. The Morgan fingerprint density at radius 1 is 1.32 bits per heavy atom. The minimum atomic E-state index is 0.140. The summed E-state index contributed by atoms with van der Waals surface area (Å²) in [6.45, 7) is 1.34. The third kappa shape index (κ3) is 3.85. The van der Waals surface area contributed by atoms with Crippen LogP contribution >= 0.6 is 23.4 Å². The van der Waals surface area contributed by atoms with E-state index < -0.39 is 0 Å². The van der Waals surface area contributed by atoms with Gasteiger partial charge < -0.3 is 9.42 Å². The Balaban J connectivity index is 1.29. The normalized spacial score (nSPS) is 18.5. The Hall–Kier alpha value is -1.53. The minimum Gasteiger partial charge on any atom is -0.340 e. The fourth-order valence-corrected chi connectivity index (χ4v) is 4.74. The number of halogens is 1. The smallest absolute Gasteiger partial charge is 0.233 e. The average molecular weight is 378 g/mol. The zero-order valence-electron chi connectivity index (χ0n) is 13.9. The molecule has 4 rings (SSSR count). The zero-order chi connectivity index (χ0) is 17.2. The Morgan fingerprint density at radius 2 is 2.12 bits per heavy atom. The van der Waals surface area contributed by atoms with Crippen molar-refractivity contribution in [3.05, 3.63) is 35.2 Å². The standard InChI is InChI=1S/C18H20ClN3O2S/c19-14-5-3-4-12(8-14)17-20-18(24-21-17)13-9-22(10-13)16(23)11-25-15-6-1-2-7-15/h3-5,8,13,15H,1-2,6-7,9-11H2. The lowest BCUT2D eigenvalue weighted by atomic mass is 10.0. The highest BCUT2D eigenvalue weighted by atomic mass is 35.5. The van der Waals surface area contributed by atoms with Crippen LogP contribution < -0.4 is 0 Å². The van der Waals surface area contributed by atoms with Crippen LogP contribution in [0.3, 0.4) is 0 Å². The molecule has 2 fully saturated rings. The minimum absolute atomic E-state index is 0.140. The number of nitrogens with zero attached hydrogens (tertiary/aromatic N) is 3. The van der Waals surface area contributed by atoms with Crippen LogP contribution in [0, 0.1) is 0 Å². The predicted octanol–water partition coefficient (Wildman–Crippen LogP) is 3.99. The van der Waals surface area contributed by atoms with E-state index in [2.05, 4.69) is 10.1 Å². The Labute approximate surface area is 156 Å². The van der Waals surface area contributed by atoms with Gasteiger partial charge in [-0.15, -0.1) is 11.8 Å². The summed E-state index contributed by atoms with van der Waals surface area (Å²) in [7, 11) is 0. The molecule has 0 bridgehead atoms. The third-order valence-electron chi connectivity index (χ3n) is 4.85. The van der Waals surface area contributed by atoms with Crippen molar-refractivity contribution < 1.29 is 9.32 Å². The van der Waals surface area contributed by atoms with E-state index in [4.69, 9.17) is 16.1 Å². The van der Waals surface area contributed by atoms with Gasteiger partial charge in [-0.25, -0.2) is 0 Å². The van der Waals surface area contributed by atoms with E-state index in [1.165, 1.54) is 25.7 Å². The Morgan fingerprint density at radius 3 is 2.88 bits per heavy atom. The number of thioether (sulfide) groups is 1. The lowest BCUT2D eigenvalue weighted by molar-refractivity contribution is -0.133. The van der Waals surface area contributed by atoms with Crippen LogP contribution in [-0.4, -0.2) is 45.0 Å². The molecule has 2 aromatic rings. The number of carbonyl (C=O) groups excluding carboxylic acids is 1. The first kappa shape index (κ1) is 16.9. The molecular weight excluding hydrogens is 358 g/mol. The molecule has 1 saturated carbocycles. The van der Waals surface area contributed by atoms with Gasteiger partial charge in [-0.2, -0.15) is 4.98 Å². The quantitative estimate of drug-likeness (QED) is 0.788. The van der Waals surface area contributed by atoms with E-state index in [9.17, 15) is 4.79 Å². The maximum absolute atomic E-state index is 12.2. The second kappa shape index (κ2) is 7.38. The van der Waals surface area contributed by atoms with E-state index in [1.54, 1.807) is 0 Å². The number of likely N-dealkylation sites (tertiary alicyclic amines) is 1. The van der Waals surface area contributed by atoms with Crippen LogP contribution in [0.1, 0.15) is 37.5 Å². The number of benzene rings is 1. The monoisotopic (exact) mass is 377 g/mol. The average Bonchev–Trinajstić information content (AvgIpc) is 3.23. The molecule has 5 nitrogen and oxygen atoms in total. The SMILES string of the molecule is O=C(CSC1CCCC1)N1CC(c2nc(-c3cccc(Cl)c3)no2)C1. The number of hydrogen-bond donors (Lipinski definition) is 0. The van der Waals surface area contributed by atoms with Crippen molar-refractivity contribution in [3.63, 3.8) is 0 Å². The first-order valence-electron chi connectivity index (χ1n) is 8.68. The number of amides is 1.